The SMILES string of the molecule is CCCCOc1ccc(OCCCC)c(OC(F)F)c1F. The summed E-state index contributed by atoms with van der Waals surface area (Å²) in [5.41, 5.74) is 0. The molecule has 0 saturated heterocycles. The van der Waals surface area contributed by atoms with E-state index in [1.54, 1.807) is 0 Å². The van der Waals surface area contributed by atoms with Crippen LogP contribution in [0, 0.1) is 5.82 Å². The Kier molecular flexibility index (Phi) is 7.79. The molecule has 0 spiro atoms. The molecule has 0 amide bonds. The molecule has 1 rings (SSSR count). The zero-order valence-corrected chi connectivity index (χ0v) is 12.3. The summed E-state index contributed by atoms with van der Waals surface area (Å²) >= 11 is 0. The minimum Gasteiger partial charge on any atom is -0.490 e. The van der Waals surface area contributed by atoms with Crippen molar-refractivity contribution in [2.45, 2.75) is 46.1 Å². The summed E-state index contributed by atoms with van der Waals surface area (Å²) in [5.74, 6) is -1.71. The molecule has 3 nitrogen and oxygen atoms in total. The zero-order chi connectivity index (χ0) is 15.7. The molecule has 0 heterocycles. The lowest BCUT2D eigenvalue weighted by Gasteiger charge is -2.15. The molecule has 0 aliphatic carbocycles. The van der Waals surface area contributed by atoms with Gasteiger partial charge < -0.3 is 14.2 Å². The average Bonchev–Trinajstić information content (AvgIpc) is 2.44. The molecule has 0 radical (unpaired) electrons. The lowest BCUT2D eigenvalue weighted by Crippen LogP contribution is -2.08. The minimum atomic E-state index is -3.13. The molecule has 0 aliphatic rings. The van der Waals surface area contributed by atoms with E-state index >= 15 is 0 Å². The van der Waals surface area contributed by atoms with Gasteiger partial charge in [-0.3, -0.25) is 0 Å². The molecule has 0 aromatic heterocycles. The first kappa shape index (κ1) is 17.5. The van der Waals surface area contributed by atoms with Gasteiger partial charge in [-0.2, -0.15) is 13.2 Å². The summed E-state index contributed by atoms with van der Waals surface area (Å²) in [6, 6.07) is 2.75. The molecule has 21 heavy (non-hydrogen) atoms. The van der Waals surface area contributed by atoms with Gasteiger partial charge in [0.25, 0.3) is 0 Å². The Morgan fingerprint density at radius 3 is 2.00 bits per heavy atom. The number of benzene rings is 1. The number of rotatable bonds is 10. The van der Waals surface area contributed by atoms with Crippen molar-refractivity contribution in [3.8, 4) is 17.2 Å². The van der Waals surface area contributed by atoms with Crippen LogP contribution in [0.1, 0.15) is 39.5 Å². The Morgan fingerprint density at radius 1 is 0.952 bits per heavy atom. The predicted molar refractivity (Wildman–Crippen MR) is 73.8 cm³/mol. The minimum absolute atomic E-state index is 0.0379. The highest BCUT2D eigenvalue weighted by molar-refractivity contribution is 5.47. The average molecular weight is 306 g/mol. The van der Waals surface area contributed by atoms with E-state index in [0.29, 0.717) is 13.2 Å². The quantitative estimate of drug-likeness (QED) is 0.582. The maximum atomic E-state index is 14.2. The highest BCUT2D eigenvalue weighted by Crippen LogP contribution is 2.37. The van der Waals surface area contributed by atoms with Gasteiger partial charge in [-0.15, -0.1) is 0 Å². The van der Waals surface area contributed by atoms with E-state index < -0.39 is 18.2 Å². The fourth-order valence-electron chi connectivity index (χ4n) is 1.60. The number of unbranched alkanes of at least 4 members (excludes halogenated alkanes) is 2. The fourth-order valence-corrected chi connectivity index (χ4v) is 1.60. The molecule has 1 aromatic rings. The second-order valence-corrected chi connectivity index (χ2v) is 4.49. The van der Waals surface area contributed by atoms with Crippen molar-refractivity contribution in [2.75, 3.05) is 13.2 Å². The van der Waals surface area contributed by atoms with Crippen molar-refractivity contribution in [2.24, 2.45) is 0 Å². The first-order chi connectivity index (χ1) is 10.1. The second kappa shape index (κ2) is 9.37. The van der Waals surface area contributed by atoms with Crippen molar-refractivity contribution in [1.82, 2.24) is 0 Å². The smallest absolute Gasteiger partial charge is 0.387 e. The third-order valence-corrected chi connectivity index (χ3v) is 2.74. The van der Waals surface area contributed by atoms with Crippen LogP contribution in [0.3, 0.4) is 0 Å². The highest BCUT2D eigenvalue weighted by Gasteiger charge is 2.20. The van der Waals surface area contributed by atoms with Gasteiger partial charge in [-0.25, -0.2) is 0 Å². The summed E-state index contributed by atoms with van der Waals surface area (Å²) in [4.78, 5) is 0. The third kappa shape index (κ3) is 5.73. The normalized spacial score (nSPS) is 10.8. The maximum absolute atomic E-state index is 14.2. The Labute approximate surface area is 123 Å². The topological polar surface area (TPSA) is 27.7 Å². The van der Waals surface area contributed by atoms with Crippen LogP contribution < -0.4 is 14.2 Å². The highest BCUT2D eigenvalue weighted by atomic mass is 19.3. The van der Waals surface area contributed by atoms with Crippen molar-refractivity contribution in [3.05, 3.63) is 17.9 Å². The molecular weight excluding hydrogens is 285 g/mol. The maximum Gasteiger partial charge on any atom is 0.387 e. The first-order valence-electron chi connectivity index (χ1n) is 7.13. The molecule has 0 atom stereocenters. The Morgan fingerprint density at radius 2 is 1.48 bits per heavy atom. The lowest BCUT2D eigenvalue weighted by atomic mass is 10.2. The van der Waals surface area contributed by atoms with E-state index in [0.717, 1.165) is 25.7 Å². The van der Waals surface area contributed by atoms with Gasteiger partial charge in [-0.1, -0.05) is 26.7 Å². The Bertz CT molecular complexity index is 425. The molecule has 0 unspecified atom stereocenters. The number of hydrogen-bond acceptors (Lipinski definition) is 3. The van der Waals surface area contributed by atoms with Crippen molar-refractivity contribution < 1.29 is 27.4 Å². The fraction of sp³-hybridized carbons (Fsp3) is 0.600. The second-order valence-electron chi connectivity index (χ2n) is 4.49. The van der Waals surface area contributed by atoms with Gasteiger partial charge >= 0.3 is 6.61 Å². The molecule has 0 N–H and O–H groups in total. The van der Waals surface area contributed by atoms with Gasteiger partial charge in [0.05, 0.1) is 13.2 Å². The molecular formula is C15H21F3O3. The van der Waals surface area contributed by atoms with Gasteiger partial charge in [0, 0.05) is 0 Å². The van der Waals surface area contributed by atoms with Crippen molar-refractivity contribution in [1.29, 1.82) is 0 Å². The van der Waals surface area contributed by atoms with E-state index in [1.807, 2.05) is 13.8 Å². The lowest BCUT2D eigenvalue weighted by molar-refractivity contribution is -0.0541. The third-order valence-electron chi connectivity index (χ3n) is 2.74. The van der Waals surface area contributed by atoms with Gasteiger partial charge in [0.15, 0.2) is 11.5 Å². The van der Waals surface area contributed by atoms with Crippen molar-refractivity contribution in [3.63, 3.8) is 0 Å². The first-order valence-corrected chi connectivity index (χ1v) is 7.13. The van der Waals surface area contributed by atoms with Crippen LogP contribution in [0.15, 0.2) is 12.1 Å². The summed E-state index contributed by atoms with van der Waals surface area (Å²) in [6.45, 7) is 1.43. The van der Waals surface area contributed by atoms with Crippen LogP contribution in [-0.4, -0.2) is 19.8 Å². The zero-order valence-electron chi connectivity index (χ0n) is 12.3. The van der Waals surface area contributed by atoms with Crippen LogP contribution in [-0.2, 0) is 0 Å². The van der Waals surface area contributed by atoms with E-state index in [4.69, 9.17) is 9.47 Å². The van der Waals surface area contributed by atoms with E-state index in [2.05, 4.69) is 4.74 Å². The van der Waals surface area contributed by atoms with Crippen LogP contribution in [0.2, 0.25) is 0 Å². The number of hydrogen-bond donors (Lipinski definition) is 0. The Hall–Kier alpha value is -1.59. The van der Waals surface area contributed by atoms with E-state index in [9.17, 15) is 13.2 Å². The van der Waals surface area contributed by atoms with Crippen molar-refractivity contribution >= 4 is 0 Å². The van der Waals surface area contributed by atoms with Crippen LogP contribution in [0.4, 0.5) is 13.2 Å². The molecule has 0 saturated carbocycles. The summed E-state index contributed by atoms with van der Waals surface area (Å²) < 4.78 is 53.8. The molecule has 1 aromatic carbocycles. The molecule has 0 aliphatic heterocycles. The molecule has 0 fully saturated rings. The summed E-state index contributed by atoms with van der Waals surface area (Å²) in [7, 11) is 0. The van der Waals surface area contributed by atoms with Gasteiger partial charge in [-0.05, 0) is 25.0 Å². The van der Waals surface area contributed by atoms with Crippen LogP contribution in [0.25, 0.3) is 0 Å². The van der Waals surface area contributed by atoms with E-state index in [-0.39, 0.29) is 11.5 Å². The largest absolute Gasteiger partial charge is 0.490 e. The van der Waals surface area contributed by atoms with E-state index in [1.165, 1.54) is 12.1 Å². The molecule has 120 valence electrons. The number of alkyl halides is 2. The Balaban J connectivity index is 2.89. The summed E-state index contributed by atoms with van der Waals surface area (Å²) in [5, 5.41) is 0. The number of halogens is 3. The number of ether oxygens (including phenoxy) is 3. The van der Waals surface area contributed by atoms with Gasteiger partial charge in [0.1, 0.15) is 0 Å². The van der Waals surface area contributed by atoms with Crippen LogP contribution in [0.5, 0.6) is 17.2 Å². The molecule has 6 heteroatoms. The standard InChI is InChI=1S/C15H21F3O3/c1-3-5-9-19-11-7-8-12(20-10-6-4-2)14(13(11)16)21-15(17)18/h7-8,15H,3-6,9-10H2,1-2H3. The predicted octanol–water partition coefficient (Wildman–Crippen LogP) is 4.78. The van der Waals surface area contributed by atoms with Gasteiger partial charge in [0.2, 0.25) is 11.6 Å². The summed E-state index contributed by atoms with van der Waals surface area (Å²) in [6.07, 6.45) is 3.26. The van der Waals surface area contributed by atoms with Crippen LogP contribution >= 0.6 is 0 Å². The monoisotopic (exact) mass is 306 g/mol. The molecule has 0 bridgehead atoms.